The Kier molecular flexibility index (Phi) is 8.17. The number of carboxylic acid groups (broad SMARTS) is 1. The Labute approximate surface area is 224 Å². The Morgan fingerprint density at radius 1 is 1.10 bits per heavy atom. The van der Waals surface area contributed by atoms with E-state index in [0.717, 1.165) is 30.0 Å². The Morgan fingerprint density at radius 2 is 1.74 bits per heavy atom. The average Bonchev–Trinajstić information content (AvgIpc) is 3.31. The second kappa shape index (κ2) is 11.2. The van der Waals surface area contributed by atoms with Crippen molar-refractivity contribution in [2.75, 3.05) is 16.5 Å². The van der Waals surface area contributed by atoms with E-state index in [0.29, 0.717) is 24.4 Å². The molecular weight excluding hydrogens is 518 g/mol. The first-order valence-electron chi connectivity index (χ1n) is 12.9. The molecule has 1 saturated carbocycles. The Morgan fingerprint density at radius 3 is 2.31 bits per heavy atom. The second-order valence-corrected chi connectivity index (χ2v) is 10.4. The summed E-state index contributed by atoms with van der Waals surface area (Å²) in [5.74, 6) is -3.34. The highest BCUT2D eigenvalue weighted by Crippen LogP contribution is 2.37. The molecule has 1 atom stereocenters. The van der Waals surface area contributed by atoms with E-state index in [9.17, 15) is 27.9 Å². The van der Waals surface area contributed by atoms with E-state index in [4.69, 9.17) is 4.74 Å². The van der Waals surface area contributed by atoms with E-state index in [2.05, 4.69) is 12.0 Å². The maximum atomic E-state index is 15.4. The van der Waals surface area contributed by atoms with Crippen molar-refractivity contribution < 1.29 is 37.0 Å². The second-order valence-electron chi connectivity index (χ2n) is 10.4. The van der Waals surface area contributed by atoms with Crippen LogP contribution in [0.25, 0.3) is 0 Å². The average molecular weight is 550 g/mol. The molecule has 1 aliphatic heterocycles. The van der Waals surface area contributed by atoms with Crippen LogP contribution in [0.1, 0.15) is 56.8 Å². The number of para-hydroxylation sites is 1. The normalized spacial score (nSPS) is 21.6. The third kappa shape index (κ3) is 6.17. The molecule has 2 aromatic rings. The first kappa shape index (κ1) is 28.4. The summed E-state index contributed by atoms with van der Waals surface area (Å²) in [6.45, 7) is 5.13. The number of carboxylic acids is 1. The molecule has 0 saturated heterocycles. The number of rotatable bonds is 7. The van der Waals surface area contributed by atoms with Gasteiger partial charge in [-0.15, -0.1) is 0 Å². The van der Waals surface area contributed by atoms with Crippen LogP contribution in [0.2, 0.25) is 0 Å². The van der Waals surface area contributed by atoms with Gasteiger partial charge < -0.3 is 14.7 Å². The van der Waals surface area contributed by atoms with Crippen molar-refractivity contribution in [2.45, 2.75) is 64.8 Å². The molecule has 1 aliphatic carbocycles. The van der Waals surface area contributed by atoms with Crippen molar-refractivity contribution in [3.8, 4) is 5.75 Å². The number of hydrazone groups is 1. The van der Waals surface area contributed by atoms with Gasteiger partial charge in [-0.2, -0.15) is 18.3 Å². The van der Waals surface area contributed by atoms with Gasteiger partial charge >= 0.3 is 12.1 Å². The maximum absolute atomic E-state index is 15.4. The minimum absolute atomic E-state index is 0.159. The lowest BCUT2D eigenvalue weighted by Gasteiger charge is -2.34. The lowest BCUT2D eigenvalue weighted by atomic mass is 9.82. The quantitative estimate of drug-likeness (QED) is 0.411. The molecule has 2 aromatic carbocycles. The number of alkyl halides is 3. The van der Waals surface area contributed by atoms with Crippen LogP contribution in [0.3, 0.4) is 0 Å². The van der Waals surface area contributed by atoms with Gasteiger partial charge in [0.2, 0.25) is 5.91 Å². The zero-order valence-corrected chi connectivity index (χ0v) is 21.9. The van der Waals surface area contributed by atoms with Crippen LogP contribution in [0.5, 0.6) is 5.75 Å². The minimum Gasteiger partial charge on any atom is -0.479 e. The molecule has 1 fully saturated rings. The van der Waals surface area contributed by atoms with Crippen molar-refractivity contribution in [1.29, 1.82) is 0 Å². The van der Waals surface area contributed by atoms with Gasteiger partial charge in [0.25, 0.3) is 0 Å². The molecule has 0 spiro atoms. The molecular formula is C28H31F4N3O4. The maximum Gasteiger partial charge on any atom is 0.434 e. The first-order valence-corrected chi connectivity index (χ1v) is 12.9. The highest BCUT2D eigenvalue weighted by molar-refractivity contribution is 6.03. The van der Waals surface area contributed by atoms with E-state index in [1.165, 1.54) is 4.90 Å². The standard InChI is InChI=1S/C28H31F4N3O4/c1-16(2)35(26(36)18-11-9-17(3)10-12-18)22-14-21(29)23(13-20(22)27(37)38)39-24-15-34(19-7-5-4-6-8-19)33-25(24)28(30,31)32/h4-8,13-14,16-18,24H,9-12,15H2,1-3H3,(H,37,38)/t17-,18-,24?. The molecule has 1 unspecified atom stereocenters. The molecule has 7 nitrogen and oxygen atoms in total. The summed E-state index contributed by atoms with van der Waals surface area (Å²) >= 11 is 0. The molecule has 1 N–H and O–H groups in total. The predicted molar refractivity (Wildman–Crippen MR) is 139 cm³/mol. The number of hydrogen-bond donors (Lipinski definition) is 1. The summed E-state index contributed by atoms with van der Waals surface area (Å²) in [4.78, 5) is 26.9. The molecule has 39 heavy (non-hydrogen) atoms. The van der Waals surface area contributed by atoms with Gasteiger partial charge in [-0.25, -0.2) is 9.18 Å². The van der Waals surface area contributed by atoms with E-state index < -0.39 is 47.1 Å². The zero-order valence-electron chi connectivity index (χ0n) is 21.9. The largest absolute Gasteiger partial charge is 0.479 e. The third-order valence-electron chi connectivity index (χ3n) is 7.15. The lowest BCUT2D eigenvalue weighted by Crippen LogP contribution is -2.43. The highest BCUT2D eigenvalue weighted by atomic mass is 19.4. The van der Waals surface area contributed by atoms with E-state index in [1.54, 1.807) is 44.2 Å². The zero-order chi connectivity index (χ0) is 28.5. The van der Waals surface area contributed by atoms with Crippen molar-refractivity contribution in [3.63, 3.8) is 0 Å². The van der Waals surface area contributed by atoms with Crippen LogP contribution in [0, 0.1) is 17.7 Å². The van der Waals surface area contributed by atoms with E-state index >= 15 is 4.39 Å². The molecule has 210 valence electrons. The number of hydrogen-bond acceptors (Lipinski definition) is 5. The van der Waals surface area contributed by atoms with E-state index in [-0.39, 0.29) is 24.1 Å². The summed E-state index contributed by atoms with van der Waals surface area (Å²) < 4.78 is 62.2. The van der Waals surface area contributed by atoms with Crippen molar-refractivity contribution in [2.24, 2.45) is 16.9 Å². The van der Waals surface area contributed by atoms with Gasteiger partial charge in [0.1, 0.15) is 0 Å². The van der Waals surface area contributed by atoms with Gasteiger partial charge in [0.15, 0.2) is 23.4 Å². The number of carbonyl (C=O) groups is 2. The fourth-order valence-electron chi connectivity index (χ4n) is 5.09. The highest BCUT2D eigenvalue weighted by Gasteiger charge is 2.47. The minimum atomic E-state index is -4.86. The van der Waals surface area contributed by atoms with Gasteiger partial charge in [-0.1, -0.05) is 25.1 Å². The third-order valence-corrected chi connectivity index (χ3v) is 7.15. The molecule has 0 radical (unpaired) electrons. The van der Waals surface area contributed by atoms with Crippen LogP contribution in [-0.2, 0) is 4.79 Å². The van der Waals surface area contributed by atoms with Gasteiger partial charge in [-0.05, 0) is 63.6 Å². The van der Waals surface area contributed by atoms with Crippen molar-refractivity contribution >= 4 is 29.0 Å². The lowest BCUT2D eigenvalue weighted by molar-refractivity contribution is -0.123. The Balaban J connectivity index is 1.66. The Hall–Kier alpha value is -3.63. The number of aromatic carboxylic acids is 1. The summed E-state index contributed by atoms with van der Waals surface area (Å²) in [6, 6.07) is 9.34. The summed E-state index contributed by atoms with van der Waals surface area (Å²) in [7, 11) is 0. The van der Waals surface area contributed by atoms with Crippen LogP contribution in [0.4, 0.5) is 28.9 Å². The topological polar surface area (TPSA) is 82.4 Å². The number of ether oxygens (including phenoxy) is 1. The molecule has 4 rings (SSSR count). The first-order chi connectivity index (χ1) is 18.4. The predicted octanol–water partition coefficient (Wildman–Crippen LogP) is 6.28. The number of nitrogens with zero attached hydrogens (tertiary/aromatic N) is 3. The van der Waals surface area contributed by atoms with Crippen LogP contribution in [0.15, 0.2) is 47.6 Å². The number of amides is 1. The van der Waals surface area contributed by atoms with Crippen molar-refractivity contribution in [3.05, 3.63) is 53.8 Å². The molecule has 0 bridgehead atoms. The van der Waals surface area contributed by atoms with Crippen LogP contribution < -0.4 is 14.6 Å². The molecule has 11 heteroatoms. The molecule has 1 heterocycles. The molecule has 2 aliphatic rings. The summed E-state index contributed by atoms with van der Waals surface area (Å²) in [5, 5.41) is 14.7. The fraction of sp³-hybridized carbons (Fsp3) is 0.464. The number of benzene rings is 2. The Bertz CT molecular complexity index is 1240. The fourth-order valence-corrected chi connectivity index (χ4v) is 5.09. The molecule has 0 aromatic heterocycles. The number of carbonyl (C=O) groups excluding carboxylic acids is 1. The number of halogens is 4. The SMILES string of the molecule is CC(C)N(c1cc(F)c(OC2CN(c3ccccc3)N=C2C(F)(F)F)cc1C(=O)O)C(=O)[C@H]1CC[C@H](C)CC1. The number of anilines is 2. The van der Waals surface area contributed by atoms with E-state index in [1.807, 2.05) is 0 Å². The van der Waals surface area contributed by atoms with Gasteiger partial charge in [-0.3, -0.25) is 9.80 Å². The smallest absolute Gasteiger partial charge is 0.434 e. The monoisotopic (exact) mass is 549 g/mol. The molecule has 1 amide bonds. The van der Waals surface area contributed by atoms with Crippen LogP contribution >= 0.6 is 0 Å². The van der Waals surface area contributed by atoms with Crippen molar-refractivity contribution in [1.82, 2.24) is 0 Å². The summed E-state index contributed by atoms with van der Waals surface area (Å²) in [6.07, 6.45) is -3.56. The van der Waals surface area contributed by atoms with Gasteiger partial charge in [0.05, 0.1) is 23.5 Å². The van der Waals surface area contributed by atoms with Gasteiger partial charge in [0, 0.05) is 18.0 Å². The summed E-state index contributed by atoms with van der Waals surface area (Å²) in [5.41, 5.74) is -1.48. The van der Waals surface area contributed by atoms with Crippen LogP contribution in [-0.4, -0.2) is 47.6 Å².